The standard InChI is InChI=1S/C13H21NO5/c1-14-9-8-12(17)5-4-10(15)2-3-11(16)6-7-13(18)19/h14H,2-9H2,1H3,(H,18,19). The molecule has 0 aromatic heterocycles. The fraction of sp³-hybridized carbons (Fsp3) is 0.692. The third kappa shape index (κ3) is 11.3. The third-order valence-electron chi connectivity index (χ3n) is 2.64. The van der Waals surface area contributed by atoms with Crippen molar-refractivity contribution in [3.05, 3.63) is 0 Å². The maximum absolute atomic E-state index is 11.4. The van der Waals surface area contributed by atoms with Gasteiger partial charge in [-0.3, -0.25) is 19.2 Å². The topological polar surface area (TPSA) is 101 Å². The molecule has 2 N–H and O–H groups in total. The molecule has 0 heterocycles. The monoisotopic (exact) mass is 271 g/mol. The maximum atomic E-state index is 11.4. The van der Waals surface area contributed by atoms with Crippen molar-refractivity contribution in [2.45, 2.75) is 44.9 Å². The molecule has 0 spiro atoms. The van der Waals surface area contributed by atoms with Crippen LogP contribution in [0.5, 0.6) is 0 Å². The number of rotatable bonds is 12. The summed E-state index contributed by atoms with van der Waals surface area (Å²) in [4.78, 5) is 44.2. The number of aliphatic carboxylic acids is 1. The van der Waals surface area contributed by atoms with Gasteiger partial charge in [-0.2, -0.15) is 0 Å². The normalized spacial score (nSPS) is 10.2. The van der Waals surface area contributed by atoms with Crippen LogP contribution in [0.2, 0.25) is 0 Å². The van der Waals surface area contributed by atoms with Gasteiger partial charge in [-0.15, -0.1) is 0 Å². The number of carbonyl (C=O) groups excluding carboxylic acids is 3. The average Bonchev–Trinajstić information content (AvgIpc) is 2.37. The summed E-state index contributed by atoms with van der Waals surface area (Å²) in [7, 11) is 1.75. The highest BCUT2D eigenvalue weighted by atomic mass is 16.4. The molecular weight excluding hydrogens is 250 g/mol. The molecule has 0 aromatic rings. The Labute approximate surface area is 112 Å². The molecule has 0 fully saturated rings. The van der Waals surface area contributed by atoms with Gasteiger partial charge >= 0.3 is 5.97 Å². The minimum absolute atomic E-state index is 0.0277. The Morgan fingerprint density at radius 1 is 0.737 bits per heavy atom. The minimum Gasteiger partial charge on any atom is -0.481 e. The Hall–Kier alpha value is -1.56. The largest absolute Gasteiger partial charge is 0.481 e. The highest BCUT2D eigenvalue weighted by Gasteiger charge is 2.10. The summed E-state index contributed by atoms with van der Waals surface area (Å²) in [6, 6.07) is 0. The van der Waals surface area contributed by atoms with E-state index < -0.39 is 5.97 Å². The van der Waals surface area contributed by atoms with Crippen molar-refractivity contribution in [3.63, 3.8) is 0 Å². The van der Waals surface area contributed by atoms with Gasteiger partial charge in [0.25, 0.3) is 0 Å². The van der Waals surface area contributed by atoms with E-state index in [1.165, 1.54) is 0 Å². The van der Waals surface area contributed by atoms with Crippen molar-refractivity contribution >= 4 is 23.3 Å². The van der Waals surface area contributed by atoms with E-state index in [2.05, 4.69) is 5.32 Å². The lowest BCUT2D eigenvalue weighted by atomic mass is 10.0. The first-order chi connectivity index (χ1) is 8.95. The summed E-state index contributed by atoms with van der Waals surface area (Å²) in [5, 5.41) is 11.2. The molecule has 0 aromatic carbocycles. The van der Waals surface area contributed by atoms with Gasteiger partial charge in [-0.25, -0.2) is 0 Å². The molecule has 0 aliphatic rings. The lowest BCUT2D eigenvalue weighted by molar-refractivity contribution is -0.138. The molecule has 0 unspecified atom stereocenters. The zero-order chi connectivity index (χ0) is 14.7. The van der Waals surface area contributed by atoms with Crippen molar-refractivity contribution in [3.8, 4) is 0 Å². The molecule has 0 saturated carbocycles. The van der Waals surface area contributed by atoms with Crippen molar-refractivity contribution < 1.29 is 24.3 Å². The highest BCUT2D eigenvalue weighted by molar-refractivity contribution is 5.89. The number of hydrogen-bond donors (Lipinski definition) is 2. The molecule has 0 aliphatic carbocycles. The summed E-state index contributed by atoms with van der Waals surface area (Å²) < 4.78 is 0. The van der Waals surface area contributed by atoms with Gasteiger partial charge in [-0.1, -0.05) is 0 Å². The van der Waals surface area contributed by atoms with E-state index in [1.807, 2.05) is 0 Å². The summed E-state index contributed by atoms with van der Waals surface area (Å²) in [5.74, 6) is -1.34. The Morgan fingerprint density at radius 3 is 1.47 bits per heavy atom. The fourth-order valence-electron chi connectivity index (χ4n) is 1.44. The number of Topliss-reactive ketones (excluding diaryl/α,β-unsaturated/α-hetero) is 3. The van der Waals surface area contributed by atoms with Gasteiger partial charge in [-0.05, 0) is 7.05 Å². The van der Waals surface area contributed by atoms with Crippen LogP contribution in [0.4, 0.5) is 0 Å². The molecule has 0 radical (unpaired) electrons. The Kier molecular flexibility index (Phi) is 9.52. The van der Waals surface area contributed by atoms with Crippen LogP contribution in [0.25, 0.3) is 0 Å². The first-order valence-electron chi connectivity index (χ1n) is 6.37. The number of nitrogens with one attached hydrogen (secondary N) is 1. The maximum Gasteiger partial charge on any atom is 0.303 e. The number of hydrogen-bond acceptors (Lipinski definition) is 5. The molecule has 6 heteroatoms. The molecule has 0 bridgehead atoms. The molecule has 19 heavy (non-hydrogen) atoms. The number of carboxylic acid groups (broad SMARTS) is 1. The Morgan fingerprint density at radius 2 is 1.11 bits per heavy atom. The summed E-state index contributed by atoms with van der Waals surface area (Å²) in [5.41, 5.74) is 0. The molecule has 0 amide bonds. The van der Waals surface area contributed by atoms with E-state index in [0.717, 1.165) is 0 Å². The fourth-order valence-corrected chi connectivity index (χ4v) is 1.44. The van der Waals surface area contributed by atoms with Crippen molar-refractivity contribution in [2.75, 3.05) is 13.6 Å². The quantitative estimate of drug-likeness (QED) is 0.542. The summed E-state index contributed by atoms with van der Waals surface area (Å²) in [6.07, 6.45) is 0.702. The molecular formula is C13H21NO5. The highest BCUT2D eigenvalue weighted by Crippen LogP contribution is 2.04. The van der Waals surface area contributed by atoms with E-state index in [9.17, 15) is 19.2 Å². The van der Waals surface area contributed by atoms with Crippen LogP contribution >= 0.6 is 0 Å². The van der Waals surface area contributed by atoms with Crippen molar-refractivity contribution in [1.82, 2.24) is 5.32 Å². The van der Waals surface area contributed by atoms with Gasteiger partial charge in [0.1, 0.15) is 17.3 Å². The molecule has 0 aliphatic heterocycles. The summed E-state index contributed by atoms with van der Waals surface area (Å²) >= 11 is 0. The van der Waals surface area contributed by atoms with Gasteiger partial charge in [0.2, 0.25) is 0 Å². The van der Waals surface area contributed by atoms with E-state index in [-0.39, 0.29) is 55.9 Å². The summed E-state index contributed by atoms with van der Waals surface area (Å²) in [6.45, 7) is 0.598. The lowest BCUT2D eigenvalue weighted by Gasteiger charge is -2.01. The van der Waals surface area contributed by atoms with Gasteiger partial charge in [0.05, 0.1) is 6.42 Å². The van der Waals surface area contributed by atoms with Crippen LogP contribution in [0.3, 0.4) is 0 Å². The van der Waals surface area contributed by atoms with Crippen molar-refractivity contribution in [2.24, 2.45) is 0 Å². The molecule has 108 valence electrons. The number of ketones is 3. The van der Waals surface area contributed by atoms with Crippen LogP contribution in [-0.2, 0) is 19.2 Å². The van der Waals surface area contributed by atoms with E-state index in [1.54, 1.807) is 7.05 Å². The van der Waals surface area contributed by atoms with Gasteiger partial charge in [0, 0.05) is 45.1 Å². The first kappa shape index (κ1) is 17.4. The molecule has 0 atom stereocenters. The SMILES string of the molecule is CNCCC(=O)CCC(=O)CCC(=O)CCC(=O)O. The van der Waals surface area contributed by atoms with E-state index in [0.29, 0.717) is 13.0 Å². The Balaban J connectivity index is 3.66. The second-order valence-corrected chi connectivity index (χ2v) is 4.36. The minimum atomic E-state index is -1.02. The van der Waals surface area contributed by atoms with Gasteiger partial charge < -0.3 is 10.4 Å². The van der Waals surface area contributed by atoms with Gasteiger partial charge in [0.15, 0.2) is 0 Å². The van der Waals surface area contributed by atoms with Crippen LogP contribution in [0, 0.1) is 0 Å². The number of carbonyl (C=O) groups is 4. The van der Waals surface area contributed by atoms with Crippen molar-refractivity contribution in [1.29, 1.82) is 0 Å². The Bertz CT molecular complexity index is 338. The molecule has 0 saturated heterocycles. The first-order valence-corrected chi connectivity index (χ1v) is 6.37. The second kappa shape index (κ2) is 10.4. The van der Waals surface area contributed by atoms with Crippen LogP contribution in [0.1, 0.15) is 44.9 Å². The number of carboxylic acids is 1. The second-order valence-electron chi connectivity index (χ2n) is 4.36. The van der Waals surface area contributed by atoms with E-state index in [4.69, 9.17) is 5.11 Å². The lowest BCUT2D eigenvalue weighted by Crippen LogP contribution is -2.14. The smallest absolute Gasteiger partial charge is 0.303 e. The van der Waals surface area contributed by atoms with Crippen LogP contribution in [0.15, 0.2) is 0 Å². The van der Waals surface area contributed by atoms with Crippen LogP contribution in [-0.4, -0.2) is 42.0 Å². The van der Waals surface area contributed by atoms with E-state index >= 15 is 0 Å². The predicted molar refractivity (Wildman–Crippen MR) is 68.9 cm³/mol. The zero-order valence-electron chi connectivity index (χ0n) is 11.2. The average molecular weight is 271 g/mol. The third-order valence-corrected chi connectivity index (χ3v) is 2.64. The zero-order valence-corrected chi connectivity index (χ0v) is 11.2. The van der Waals surface area contributed by atoms with Crippen LogP contribution < -0.4 is 5.32 Å². The predicted octanol–water partition coefficient (Wildman–Crippen LogP) is 0.728. The molecule has 0 rings (SSSR count). The molecule has 6 nitrogen and oxygen atoms in total.